The van der Waals surface area contributed by atoms with Crippen LogP contribution in [0.5, 0.6) is 0 Å². The van der Waals surface area contributed by atoms with Gasteiger partial charge in [-0.2, -0.15) is 0 Å². The van der Waals surface area contributed by atoms with Crippen molar-refractivity contribution in [3.8, 4) is 11.1 Å². The Hall–Kier alpha value is -8.60. The van der Waals surface area contributed by atoms with Gasteiger partial charge in [-0.3, -0.25) is 0 Å². The van der Waals surface area contributed by atoms with Crippen molar-refractivity contribution in [3.63, 3.8) is 0 Å². The molecule has 0 fully saturated rings. The van der Waals surface area contributed by atoms with Crippen LogP contribution < -0.4 is 9.80 Å². The lowest BCUT2D eigenvalue weighted by Gasteiger charge is -2.54. The number of hydrogen-bond donors (Lipinski definition) is 0. The molecule has 1 aliphatic rings. The van der Waals surface area contributed by atoms with E-state index in [1.165, 1.54) is 65.7 Å². The molecule has 0 N–H and O–H groups in total. The molecule has 0 bridgehead atoms. The zero-order valence-corrected chi connectivity index (χ0v) is 47.0. The van der Waals surface area contributed by atoms with Crippen LogP contribution in [0.15, 0.2) is 215 Å². The maximum Gasteiger partial charge on any atom is 0.159 e. The van der Waals surface area contributed by atoms with E-state index in [1.807, 2.05) is 0 Å². The standard InChI is InChI=1S/C75H66N2O2/c1-45(2)47-29-34-50(35-30-47)76(64-25-17-23-60-56-20-13-15-27-66(56)78-71(60)64)52-38-41-54-49(43-52)33-40-62-68-58-22-12-11-19-55(58)63-44-53(39-42-59(63)70(68)75(69(54)62,73(5,6)7)74(8,9)10)77(51-36-31-48(32-37-51)46(3)4)65-26-18-24-61-57-21-14-16-28-67(57)79-72(61)65/h11-46H,1-10H3. The summed E-state index contributed by atoms with van der Waals surface area (Å²) >= 11 is 0. The Bertz CT molecular complexity index is 4560. The Balaban J connectivity index is 1.01. The minimum absolute atomic E-state index is 0.242. The fraction of sp³-hybridized carbons (Fsp3) is 0.200. The molecule has 11 aromatic carbocycles. The second-order valence-corrected chi connectivity index (χ2v) is 24.8. The highest BCUT2D eigenvalue weighted by Gasteiger charge is 2.59. The van der Waals surface area contributed by atoms with Gasteiger partial charge in [0.05, 0.1) is 11.4 Å². The fourth-order valence-electron chi connectivity index (χ4n) is 14.5. The van der Waals surface area contributed by atoms with E-state index in [-0.39, 0.29) is 10.8 Å². The number of furan rings is 2. The number of anilines is 6. The Kier molecular flexibility index (Phi) is 10.9. The van der Waals surface area contributed by atoms with Gasteiger partial charge in [0, 0.05) is 49.7 Å². The average molecular weight is 1030 g/mol. The van der Waals surface area contributed by atoms with Gasteiger partial charge < -0.3 is 18.6 Å². The molecule has 0 spiro atoms. The zero-order valence-electron chi connectivity index (χ0n) is 47.0. The summed E-state index contributed by atoms with van der Waals surface area (Å²) in [7, 11) is 0. The molecule has 0 unspecified atom stereocenters. The lowest BCUT2D eigenvalue weighted by atomic mass is 9.49. The van der Waals surface area contributed by atoms with E-state index in [2.05, 4.69) is 285 Å². The molecule has 388 valence electrons. The van der Waals surface area contributed by atoms with Crippen LogP contribution in [0, 0.1) is 10.8 Å². The predicted molar refractivity (Wildman–Crippen MR) is 336 cm³/mol. The minimum atomic E-state index is -0.450. The first-order valence-corrected chi connectivity index (χ1v) is 28.3. The molecular weight excluding hydrogens is 961 g/mol. The van der Waals surface area contributed by atoms with Gasteiger partial charge in [-0.25, -0.2) is 0 Å². The first-order chi connectivity index (χ1) is 38.1. The minimum Gasteiger partial charge on any atom is -0.454 e. The van der Waals surface area contributed by atoms with Gasteiger partial charge in [-0.1, -0.05) is 203 Å². The monoisotopic (exact) mass is 1030 g/mol. The Labute approximate surface area is 463 Å². The van der Waals surface area contributed by atoms with Gasteiger partial charge in [0.25, 0.3) is 0 Å². The number of hydrogen-bond acceptors (Lipinski definition) is 4. The van der Waals surface area contributed by atoms with Crippen molar-refractivity contribution in [2.75, 3.05) is 9.80 Å². The van der Waals surface area contributed by atoms with Crippen LogP contribution in [-0.4, -0.2) is 0 Å². The van der Waals surface area contributed by atoms with Crippen molar-refractivity contribution >= 4 is 110 Å². The first-order valence-electron chi connectivity index (χ1n) is 28.3. The molecule has 0 amide bonds. The molecule has 4 heteroatoms. The smallest absolute Gasteiger partial charge is 0.159 e. The van der Waals surface area contributed by atoms with Crippen molar-refractivity contribution < 1.29 is 8.83 Å². The van der Waals surface area contributed by atoms with Crippen LogP contribution in [0.25, 0.3) is 87.3 Å². The molecule has 4 nitrogen and oxygen atoms in total. The van der Waals surface area contributed by atoms with Gasteiger partial charge in [0.2, 0.25) is 0 Å². The van der Waals surface area contributed by atoms with Gasteiger partial charge in [-0.15, -0.1) is 0 Å². The highest BCUT2D eigenvalue weighted by molar-refractivity contribution is 6.21. The molecule has 79 heavy (non-hydrogen) atoms. The van der Waals surface area contributed by atoms with Crippen molar-refractivity contribution in [3.05, 3.63) is 229 Å². The maximum atomic E-state index is 6.82. The number of benzene rings is 11. The summed E-state index contributed by atoms with van der Waals surface area (Å²) in [6, 6.07) is 76.6. The summed E-state index contributed by atoms with van der Waals surface area (Å²) in [4.78, 5) is 4.81. The molecule has 0 atom stereocenters. The second-order valence-electron chi connectivity index (χ2n) is 24.8. The van der Waals surface area contributed by atoms with Gasteiger partial charge in [0.15, 0.2) is 11.2 Å². The third-order valence-electron chi connectivity index (χ3n) is 17.7. The van der Waals surface area contributed by atoms with Gasteiger partial charge >= 0.3 is 0 Å². The Morgan fingerprint density at radius 2 is 0.797 bits per heavy atom. The molecular formula is C75H66N2O2. The van der Waals surface area contributed by atoms with E-state index in [0.29, 0.717) is 11.8 Å². The van der Waals surface area contributed by atoms with E-state index in [4.69, 9.17) is 8.83 Å². The SMILES string of the molecule is CC(C)c1ccc(N(c2ccc3c4c(ccc3c2)-c2c(c3ccc(N(c5ccc(C(C)C)cc5)c5cccc6c5oc5ccccc56)cc3c3ccccc23)C4(C(C)(C)C)C(C)(C)C)c2cccc3c2oc2ccccc23)cc1. The molecule has 2 heterocycles. The van der Waals surface area contributed by atoms with Crippen LogP contribution in [0.1, 0.15) is 103 Å². The van der Waals surface area contributed by atoms with E-state index in [0.717, 1.165) is 78.0 Å². The number of rotatable bonds is 8. The van der Waals surface area contributed by atoms with Crippen molar-refractivity contribution in [2.45, 2.75) is 86.5 Å². The lowest BCUT2D eigenvalue weighted by molar-refractivity contribution is 0.0977. The number of fused-ring (bicyclic) bond motifs is 16. The number of para-hydroxylation sites is 4. The van der Waals surface area contributed by atoms with Crippen LogP contribution in [0.4, 0.5) is 34.1 Å². The quantitative estimate of drug-likeness (QED) is 0.142. The molecule has 13 aromatic rings. The molecule has 0 saturated carbocycles. The van der Waals surface area contributed by atoms with Crippen LogP contribution in [-0.2, 0) is 5.41 Å². The maximum absolute atomic E-state index is 6.82. The van der Waals surface area contributed by atoms with E-state index < -0.39 is 5.41 Å². The largest absolute Gasteiger partial charge is 0.454 e. The van der Waals surface area contributed by atoms with Crippen molar-refractivity contribution in [2.24, 2.45) is 10.8 Å². The van der Waals surface area contributed by atoms with Gasteiger partial charge in [-0.05, 0) is 161 Å². The van der Waals surface area contributed by atoms with Crippen LogP contribution >= 0.6 is 0 Å². The van der Waals surface area contributed by atoms with Gasteiger partial charge in [0.1, 0.15) is 11.2 Å². The summed E-state index contributed by atoms with van der Waals surface area (Å²) in [5.41, 5.74) is 17.0. The highest BCUT2D eigenvalue weighted by Crippen LogP contribution is 2.69. The summed E-state index contributed by atoms with van der Waals surface area (Å²) in [5.74, 6) is 0.831. The second kappa shape index (κ2) is 17.7. The van der Waals surface area contributed by atoms with E-state index >= 15 is 0 Å². The molecule has 0 saturated heterocycles. The fourth-order valence-corrected chi connectivity index (χ4v) is 14.5. The summed E-state index contributed by atoms with van der Waals surface area (Å²) in [6.07, 6.45) is 0. The third-order valence-corrected chi connectivity index (χ3v) is 17.7. The summed E-state index contributed by atoms with van der Waals surface area (Å²) in [5, 5.41) is 12.0. The molecule has 0 radical (unpaired) electrons. The normalized spacial score (nSPS) is 13.5. The lowest BCUT2D eigenvalue weighted by Crippen LogP contribution is -2.50. The molecule has 0 aliphatic heterocycles. The van der Waals surface area contributed by atoms with E-state index in [1.54, 1.807) is 0 Å². The topological polar surface area (TPSA) is 32.8 Å². The van der Waals surface area contributed by atoms with Crippen molar-refractivity contribution in [1.82, 2.24) is 0 Å². The summed E-state index contributed by atoms with van der Waals surface area (Å²) in [6.45, 7) is 23.9. The predicted octanol–water partition coefficient (Wildman–Crippen LogP) is 22.5. The Morgan fingerprint density at radius 1 is 0.354 bits per heavy atom. The van der Waals surface area contributed by atoms with Crippen LogP contribution in [0.3, 0.4) is 0 Å². The Morgan fingerprint density at radius 3 is 1.30 bits per heavy atom. The molecule has 1 aliphatic carbocycles. The summed E-state index contributed by atoms with van der Waals surface area (Å²) < 4.78 is 13.6. The third kappa shape index (κ3) is 7.19. The highest BCUT2D eigenvalue weighted by atomic mass is 16.3. The zero-order chi connectivity index (χ0) is 54.3. The average Bonchev–Trinajstić information content (AvgIpc) is 2.38. The van der Waals surface area contributed by atoms with E-state index in [9.17, 15) is 0 Å². The van der Waals surface area contributed by atoms with Crippen molar-refractivity contribution in [1.29, 1.82) is 0 Å². The number of nitrogens with zero attached hydrogens (tertiary/aromatic N) is 2. The van der Waals surface area contributed by atoms with Crippen LogP contribution in [0.2, 0.25) is 0 Å². The molecule has 2 aromatic heterocycles. The molecule has 14 rings (SSSR count). The first kappa shape index (κ1) is 48.7.